The zero-order valence-electron chi connectivity index (χ0n) is 8.68. The van der Waals surface area contributed by atoms with E-state index >= 15 is 0 Å². The van der Waals surface area contributed by atoms with Crippen molar-refractivity contribution in [1.82, 2.24) is 4.90 Å². The monoisotopic (exact) mass is 204 g/mol. The minimum absolute atomic E-state index is 0.440. The van der Waals surface area contributed by atoms with Gasteiger partial charge < -0.3 is 4.74 Å². The Kier molecular flexibility index (Phi) is 3.69. The standard InChI is InChI=1S/C11H12N2O2/c1-13(8-12)10(11(14)15-2)9-6-4-3-5-7-9/h3-7,10H,1-2H3. The third-order valence-corrected chi connectivity index (χ3v) is 2.08. The van der Waals surface area contributed by atoms with Gasteiger partial charge in [-0.15, -0.1) is 0 Å². The van der Waals surface area contributed by atoms with Crippen LogP contribution in [0.2, 0.25) is 0 Å². The summed E-state index contributed by atoms with van der Waals surface area (Å²) in [6, 6.07) is 8.39. The highest BCUT2D eigenvalue weighted by atomic mass is 16.5. The van der Waals surface area contributed by atoms with Gasteiger partial charge in [-0.2, -0.15) is 5.26 Å². The van der Waals surface area contributed by atoms with Crippen LogP contribution in [0.15, 0.2) is 30.3 Å². The molecule has 0 spiro atoms. The molecule has 4 nitrogen and oxygen atoms in total. The Labute approximate surface area is 88.7 Å². The minimum atomic E-state index is -0.666. The normalized spacial score (nSPS) is 11.3. The first-order valence-corrected chi connectivity index (χ1v) is 4.46. The van der Waals surface area contributed by atoms with Gasteiger partial charge in [0.1, 0.15) is 0 Å². The van der Waals surface area contributed by atoms with Crippen LogP contribution in [0.5, 0.6) is 0 Å². The molecule has 1 atom stereocenters. The fourth-order valence-corrected chi connectivity index (χ4v) is 1.32. The smallest absolute Gasteiger partial charge is 0.333 e. The molecule has 15 heavy (non-hydrogen) atoms. The average molecular weight is 204 g/mol. The molecular weight excluding hydrogens is 192 g/mol. The molecule has 4 heteroatoms. The lowest BCUT2D eigenvalue weighted by Gasteiger charge is -2.20. The summed E-state index contributed by atoms with van der Waals surface area (Å²) < 4.78 is 4.66. The van der Waals surface area contributed by atoms with E-state index in [9.17, 15) is 4.79 Å². The summed E-state index contributed by atoms with van der Waals surface area (Å²) >= 11 is 0. The number of hydrogen-bond donors (Lipinski definition) is 0. The first kappa shape index (κ1) is 11.1. The van der Waals surface area contributed by atoms with Gasteiger partial charge in [0.25, 0.3) is 0 Å². The lowest BCUT2D eigenvalue weighted by Crippen LogP contribution is -2.28. The second-order valence-electron chi connectivity index (χ2n) is 3.05. The quantitative estimate of drug-likeness (QED) is 0.423. The van der Waals surface area contributed by atoms with Gasteiger partial charge in [0.05, 0.1) is 7.11 Å². The van der Waals surface area contributed by atoms with Crippen molar-refractivity contribution in [3.63, 3.8) is 0 Å². The first-order chi connectivity index (χ1) is 7.20. The zero-order valence-corrected chi connectivity index (χ0v) is 8.68. The van der Waals surface area contributed by atoms with Crippen LogP contribution in [-0.4, -0.2) is 25.0 Å². The second kappa shape index (κ2) is 5.01. The van der Waals surface area contributed by atoms with Gasteiger partial charge >= 0.3 is 5.97 Å². The molecule has 0 aromatic heterocycles. The summed E-state index contributed by atoms with van der Waals surface area (Å²) in [5, 5.41) is 8.78. The fraction of sp³-hybridized carbons (Fsp3) is 0.273. The van der Waals surface area contributed by atoms with E-state index in [0.29, 0.717) is 0 Å². The van der Waals surface area contributed by atoms with Gasteiger partial charge in [0, 0.05) is 7.05 Å². The van der Waals surface area contributed by atoms with E-state index in [0.717, 1.165) is 5.56 Å². The molecule has 1 aromatic carbocycles. The number of carbonyl (C=O) groups excluding carboxylic acids is 1. The molecule has 0 radical (unpaired) electrons. The Hall–Kier alpha value is -2.02. The number of nitriles is 1. The van der Waals surface area contributed by atoms with Crippen molar-refractivity contribution < 1.29 is 9.53 Å². The summed E-state index contributed by atoms with van der Waals surface area (Å²) in [5.41, 5.74) is 0.744. The Morgan fingerprint density at radius 1 is 1.47 bits per heavy atom. The number of rotatable bonds is 3. The predicted molar refractivity (Wildman–Crippen MR) is 54.6 cm³/mol. The summed E-state index contributed by atoms with van der Waals surface area (Å²) in [5.74, 6) is -0.440. The van der Waals surface area contributed by atoms with Crippen LogP contribution in [0, 0.1) is 11.5 Å². The maximum Gasteiger partial charge on any atom is 0.333 e. The van der Waals surface area contributed by atoms with Crippen LogP contribution < -0.4 is 0 Å². The van der Waals surface area contributed by atoms with Gasteiger partial charge in [-0.25, -0.2) is 4.79 Å². The zero-order chi connectivity index (χ0) is 11.3. The van der Waals surface area contributed by atoms with E-state index in [-0.39, 0.29) is 0 Å². The Morgan fingerprint density at radius 3 is 2.53 bits per heavy atom. The molecule has 0 saturated carbocycles. The van der Waals surface area contributed by atoms with Gasteiger partial charge in [-0.3, -0.25) is 4.90 Å². The molecule has 78 valence electrons. The lowest BCUT2D eigenvalue weighted by molar-refractivity contribution is -0.145. The molecule has 0 saturated heterocycles. The van der Waals surface area contributed by atoms with Crippen molar-refractivity contribution in [2.75, 3.05) is 14.2 Å². The van der Waals surface area contributed by atoms with E-state index in [1.54, 1.807) is 19.2 Å². The molecule has 0 aliphatic heterocycles. The number of likely N-dealkylation sites (N-methyl/N-ethyl adjacent to an activating group) is 1. The van der Waals surface area contributed by atoms with Gasteiger partial charge in [-0.1, -0.05) is 30.3 Å². The highest BCUT2D eigenvalue weighted by Gasteiger charge is 2.25. The Bertz CT molecular complexity index is 370. The SMILES string of the molecule is COC(=O)C(c1ccccc1)N(C)C#N. The molecule has 1 unspecified atom stereocenters. The minimum Gasteiger partial charge on any atom is -0.467 e. The maximum atomic E-state index is 11.5. The van der Waals surface area contributed by atoms with Crippen LogP contribution >= 0.6 is 0 Å². The van der Waals surface area contributed by atoms with Crippen LogP contribution in [0.3, 0.4) is 0 Å². The second-order valence-corrected chi connectivity index (χ2v) is 3.05. The van der Waals surface area contributed by atoms with Crippen LogP contribution in [0.25, 0.3) is 0 Å². The largest absolute Gasteiger partial charge is 0.467 e. The number of methoxy groups -OCH3 is 1. The van der Waals surface area contributed by atoms with Crippen molar-refractivity contribution in [1.29, 1.82) is 5.26 Å². The first-order valence-electron chi connectivity index (χ1n) is 4.46. The molecule has 1 aromatic rings. The number of carbonyl (C=O) groups is 1. The third kappa shape index (κ3) is 2.47. The van der Waals surface area contributed by atoms with Crippen LogP contribution in [-0.2, 0) is 9.53 Å². The topological polar surface area (TPSA) is 53.3 Å². The van der Waals surface area contributed by atoms with Crippen molar-refractivity contribution in [2.45, 2.75) is 6.04 Å². The summed E-state index contributed by atoms with van der Waals surface area (Å²) in [6.07, 6.45) is 1.91. The van der Waals surface area contributed by atoms with Crippen molar-refractivity contribution in [2.24, 2.45) is 0 Å². The summed E-state index contributed by atoms with van der Waals surface area (Å²) in [6.45, 7) is 0. The van der Waals surface area contributed by atoms with Gasteiger partial charge in [0.15, 0.2) is 12.2 Å². The maximum absolute atomic E-state index is 11.5. The van der Waals surface area contributed by atoms with Gasteiger partial charge in [0.2, 0.25) is 0 Å². The number of ether oxygens (including phenoxy) is 1. The number of esters is 1. The molecule has 1 rings (SSSR count). The van der Waals surface area contributed by atoms with Crippen molar-refractivity contribution in [3.05, 3.63) is 35.9 Å². The lowest BCUT2D eigenvalue weighted by atomic mass is 10.1. The van der Waals surface area contributed by atoms with E-state index < -0.39 is 12.0 Å². The average Bonchev–Trinajstić information content (AvgIpc) is 2.30. The van der Waals surface area contributed by atoms with Crippen LogP contribution in [0.1, 0.15) is 11.6 Å². The third-order valence-electron chi connectivity index (χ3n) is 2.08. The molecule has 0 aliphatic carbocycles. The molecule has 0 bridgehead atoms. The molecular formula is C11H12N2O2. The summed E-state index contributed by atoms with van der Waals surface area (Å²) in [4.78, 5) is 12.8. The molecule has 0 amide bonds. The number of hydrogen-bond acceptors (Lipinski definition) is 4. The van der Waals surface area contributed by atoms with E-state index in [4.69, 9.17) is 5.26 Å². The highest BCUT2D eigenvalue weighted by molar-refractivity contribution is 5.77. The fourth-order valence-electron chi connectivity index (χ4n) is 1.32. The van der Waals surface area contributed by atoms with Crippen LogP contribution in [0.4, 0.5) is 0 Å². The summed E-state index contributed by atoms with van der Waals surface area (Å²) in [7, 11) is 2.86. The number of nitrogens with zero attached hydrogens (tertiary/aromatic N) is 2. The van der Waals surface area contributed by atoms with Crippen molar-refractivity contribution >= 4 is 5.97 Å². The molecule has 0 aliphatic rings. The molecule has 0 N–H and O–H groups in total. The number of benzene rings is 1. The Balaban J connectivity index is 3.03. The van der Waals surface area contributed by atoms with E-state index in [1.807, 2.05) is 24.4 Å². The van der Waals surface area contributed by atoms with E-state index in [1.165, 1.54) is 12.0 Å². The predicted octanol–water partition coefficient (Wildman–Crippen LogP) is 1.31. The van der Waals surface area contributed by atoms with Gasteiger partial charge in [-0.05, 0) is 5.56 Å². The Morgan fingerprint density at radius 2 is 2.07 bits per heavy atom. The highest BCUT2D eigenvalue weighted by Crippen LogP contribution is 2.19. The van der Waals surface area contributed by atoms with E-state index in [2.05, 4.69) is 4.74 Å². The van der Waals surface area contributed by atoms with Crippen molar-refractivity contribution in [3.8, 4) is 6.19 Å². The molecule has 0 heterocycles. The molecule has 0 fully saturated rings.